The Balaban J connectivity index is 2.86. The molecular formula is C8H13NO5S2. The highest BCUT2D eigenvalue weighted by Crippen LogP contribution is 2.22. The minimum absolute atomic E-state index is 0.232. The van der Waals surface area contributed by atoms with Gasteiger partial charge in [-0.3, -0.25) is 4.79 Å². The minimum atomic E-state index is -3.48. The van der Waals surface area contributed by atoms with Gasteiger partial charge in [-0.25, -0.2) is 13.2 Å². The molecule has 0 aromatic carbocycles. The third kappa shape index (κ3) is 2.67. The van der Waals surface area contributed by atoms with Crippen molar-refractivity contribution in [2.45, 2.75) is 18.2 Å². The molecule has 0 aromatic rings. The number of hydrogen-bond acceptors (Lipinski definition) is 5. The van der Waals surface area contributed by atoms with E-state index in [9.17, 15) is 18.0 Å². The number of hydrogen-bond donors (Lipinski definition) is 1. The summed E-state index contributed by atoms with van der Waals surface area (Å²) in [6, 6.07) is -0.915. The first-order chi connectivity index (χ1) is 7.25. The molecule has 1 aliphatic heterocycles. The Bertz CT molecular complexity index is 405. The molecule has 16 heavy (non-hydrogen) atoms. The van der Waals surface area contributed by atoms with E-state index in [-0.39, 0.29) is 5.88 Å². The summed E-state index contributed by atoms with van der Waals surface area (Å²) in [4.78, 5) is 23.7. The first-order valence-electron chi connectivity index (χ1n) is 4.55. The molecule has 0 aromatic heterocycles. The summed E-state index contributed by atoms with van der Waals surface area (Å²) in [5.74, 6) is -1.20. The van der Waals surface area contributed by atoms with Crippen LogP contribution in [0.5, 0.6) is 0 Å². The average Bonchev–Trinajstić information content (AvgIpc) is 2.62. The summed E-state index contributed by atoms with van der Waals surface area (Å²) in [6.45, 7) is 1.28. The Morgan fingerprint density at radius 2 is 2.06 bits per heavy atom. The van der Waals surface area contributed by atoms with E-state index in [1.165, 1.54) is 18.7 Å². The highest BCUT2D eigenvalue weighted by molar-refractivity contribution is 7.99. The van der Waals surface area contributed by atoms with Crippen molar-refractivity contribution in [3.05, 3.63) is 0 Å². The van der Waals surface area contributed by atoms with Crippen LogP contribution in [-0.4, -0.2) is 59.5 Å². The zero-order valence-corrected chi connectivity index (χ0v) is 10.5. The molecule has 8 heteroatoms. The maximum Gasteiger partial charge on any atom is 0.327 e. The summed E-state index contributed by atoms with van der Waals surface area (Å²) in [5.41, 5.74) is 0. The van der Waals surface area contributed by atoms with E-state index < -0.39 is 33.0 Å². The van der Waals surface area contributed by atoms with E-state index in [2.05, 4.69) is 0 Å². The van der Waals surface area contributed by atoms with E-state index in [1.54, 1.807) is 0 Å². The maximum atomic E-state index is 11.8. The van der Waals surface area contributed by atoms with Gasteiger partial charge in [0.1, 0.15) is 11.3 Å². The van der Waals surface area contributed by atoms with Crippen molar-refractivity contribution in [2.24, 2.45) is 0 Å². The number of carbonyl (C=O) groups excluding carboxylic acids is 1. The van der Waals surface area contributed by atoms with Crippen LogP contribution < -0.4 is 0 Å². The summed E-state index contributed by atoms with van der Waals surface area (Å²) in [7, 11) is -3.48. The number of thioether (sulfide) groups is 1. The number of carbonyl (C=O) groups is 2. The summed E-state index contributed by atoms with van der Waals surface area (Å²) in [5, 5.41) is 7.67. The van der Waals surface area contributed by atoms with Gasteiger partial charge in [-0.2, -0.15) is 0 Å². The zero-order chi connectivity index (χ0) is 12.5. The lowest BCUT2D eigenvalue weighted by molar-refractivity contribution is -0.147. The SMILES string of the molecule is CC(C(=O)N1CSCC1C(=O)O)S(C)(=O)=O. The number of amides is 1. The maximum absolute atomic E-state index is 11.8. The van der Waals surface area contributed by atoms with Crippen LogP contribution in [0.4, 0.5) is 0 Å². The standard InChI is InChI=1S/C8H13NO5S2/c1-5(16(2,13)14)7(10)9-4-15-3-6(9)8(11)12/h5-6H,3-4H2,1-2H3,(H,11,12). The Labute approximate surface area is 97.9 Å². The van der Waals surface area contributed by atoms with Gasteiger partial charge in [-0.1, -0.05) is 0 Å². The zero-order valence-electron chi connectivity index (χ0n) is 8.91. The monoisotopic (exact) mass is 267 g/mol. The molecule has 1 fully saturated rings. The van der Waals surface area contributed by atoms with Crippen LogP contribution in [-0.2, 0) is 19.4 Å². The first-order valence-corrected chi connectivity index (χ1v) is 7.66. The van der Waals surface area contributed by atoms with Gasteiger partial charge in [0.05, 0.1) is 5.88 Å². The highest BCUT2D eigenvalue weighted by atomic mass is 32.2. The molecule has 2 atom stereocenters. The van der Waals surface area contributed by atoms with Gasteiger partial charge in [0.2, 0.25) is 5.91 Å². The number of carboxylic acids is 1. The molecule has 0 saturated carbocycles. The second-order valence-electron chi connectivity index (χ2n) is 3.63. The number of sulfone groups is 1. The lowest BCUT2D eigenvalue weighted by Gasteiger charge is -2.23. The van der Waals surface area contributed by atoms with Gasteiger partial charge in [0.25, 0.3) is 0 Å². The van der Waals surface area contributed by atoms with Crippen molar-refractivity contribution in [1.29, 1.82) is 0 Å². The van der Waals surface area contributed by atoms with E-state index in [0.29, 0.717) is 5.75 Å². The topological polar surface area (TPSA) is 91.8 Å². The fourth-order valence-corrected chi connectivity index (χ4v) is 2.94. The second-order valence-corrected chi connectivity index (χ2v) is 7.00. The Hall–Kier alpha value is -0.760. The number of nitrogens with zero attached hydrogens (tertiary/aromatic N) is 1. The molecule has 0 spiro atoms. The molecule has 0 bridgehead atoms. The predicted octanol–water partition coefficient (Wildman–Crippen LogP) is -0.594. The van der Waals surface area contributed by atoms with Crippen LogP contribution in [0.3, 0.4) is 0 Å². The van der Waals surface area contributed by atoms with Crippen molar-refractivity contribution < 1.29 is 23.1 Å². The largest absolute Gasteiger partial charge is 0.480 e. The van der Waals surface area contributed by atoms with Gasteiger partial charge in [0.15, 0.2) is 9.84 Å². The van der Waals surface area contributed by atoms with Crippen molar-refractivity contribution in [3.63, 3.8) is 0 Å². The summed E-state index contributed by atoms with van der Waals surface area (Å²) < 4.78 is 22.4. The molecule has 6 nitrogen and oxygen atoms in total. The van der Waals surface area contributed by atoms with Crippen LogP contribution in [0.15, 0.2) is 0 Å². The molecule has 1 aliphatic rings. The van der Waals surface area contributed by atoms with E-state index >= 15 is 0 Å². The molecule has 1 saturated heterocycles. The van der Waals surface area contributed by atoms with Crippen LogP contribution in [0.1, 0.15) is 6.92 Å². The van der Waals surface area contributed by atoms with Crippen molar-refractivity contribution >= 4 is 33.5 Å². The minimum Gasteiger partial charge on any atom is -0.480 e. The predicted molar refractivity (Wildman–Crippen MR) is 59.9 cm³/mol. The van der Waals surface area contributed by atoms with E-state index in [4.69, 9.17) is 5.11 Å². The fraction of sp³-hybridized carbons (Fsp3) is 0.750. The number of aliphatic carboxylic acids is 1. The third-order valence-corrected chi connectivity index (χ3v) is 4.94. The third-order valence-electron chi connectivity index (χ3n) is 2.44. The van der Waals surface area contributed by atoms with E-state index in [0.717, 1.165) is 11.2 Å². The molecule has 1 heterocycles. The van der Waals surface area contributed by atoms with Gasteiger partial charge >= 0.3 is 5.97 Å². The Morgan fingerprint density at radius 1 is 1.50 bits per heavy atom. The molecule has 1 rings (SSSR count). The van der Waals surface area contributed by atoms with Gasteiger partial charge in [0, 0.05) is 12.0 Å². The summed E-state index contributed by atoms with van der Waals surface area (Å²) >= 11 is 1.30. The second kappa shape index (κ2) is 4.62. The lowest BCUT2D eigenvalue weighted by Crippen LogP contribution is -2.47. The first kappa shape index (κ1) is 13.3. The van der Waals surface area contributed by atoms with Gasteiger partial charge in [-0.15, -0.1) is 11.8 Å². The van der Waals surface area contributed by atoms with Gasteiger partial charge < -0.3 is 10.0 Å². The average molecular weight is 267 g/mol. The molecule has 0 radical (unpaired) electrons. The molecular weight excluding hydrogens is 254 g/mol. The van der Waals surface area contributed by atoms with Crippen LogP contribution >= 0.6 is 11.8 Å². The molecule has 92 valence electrons. The van der Waals surface area contributed by atoms with Crippen molar-refractivity contribution in [2.75, 3.05) is 17.9 Å². The van der Waals surface area contributed by atoms with Crippen LogP contribution in [0.2, 0.25) is 0 Å². The van der Waals surface area contributed by atoms with Crippen molar-refractivity contribution in [3.8, 4) is 0 Å². The highest BCUT2D eigenvalue weighted by Gasteiger charge is 2.38. The quantitative estimate of drug-likeness (QED) is 0.734. The van der Waals surface area contributed by atoms with Crippen LogP contribution in [0.25, 0.3) is 0 Å². The molecule has 0 aliphatic carbocycles. The summed E-state index contributed by atoms with van der Waals surface area (Å²) in [6.07, 6.45) is 0.967. The normalized spacial score (nSPS) is 23.1. The number of rotatable bonds is 3. The van der Waals surface area contributed by atoms with E-state index in [1.807, 2.05) is 0 Å². The Morgan fingerprint density at radius 3 is 2.50 bits per heavy atom. The lowest BCUT2D eigenvalue weighted by atomic mass is 10.3. The number of carboxylic acid groups (broad SMARTS) is 1. The van der Waals surface area contributed by atoms with Crippen molar-refractivity contribution in [1.82, 2.24) is 4.90 Å². The smallest absolute Gasteiger partial charge is 0.327 e. The fourth-order valence-electron chi connectivity index (χ4n) is 1.28. The molecule has 1 amide bonds. The van der Waals surface area contributed by atoms with Gasteiger partial charge in [-0.05, 0) is 6.92 Å². The van der Waals surface area contributed by atoms with Crippen LogP contribution in [0, 0.1) is 0 Å². The molecule has 2 unspecified atom stereocenters. The Kier molecular flexibility index (Phi) is 3.84. The molecule has 1 N–H and O–H groups in total.